The molecule has 0 aliphatic heterocycles. The molecule has 0 saturated carbocycles. The minimum absolute atomic E-state index is 0. The Morgan fingerprint density at radius 1 is 1.25 bits per heavy atom. The highest BCUT2D eigenvalue weighted by Gasteiger charge is 1.93. The van der Waals surface area contributed by atoms with Crippen molar-refractivity contribution in [2.75, 3.05) is 13.2 Å². The smallest absolute Gasteiger partial charge is 0.137 e. The molecule has 96 valence electrons. The number of hydrogen-bond acceptors (Lipinski definition) is 3. The van der Waals surface area contributed by atoms with Gasteiger partial charge in [-0.3, -0.25) is 4.98 Å². The Hall–Kier alpha value is -1.09. The molecule has 0 fully saturated rings. The topological polar surface area (TPSA) is 48.1 Å². The molecule has 1 aromatic heterocycles. The highest BCUT2D eigenvalue weighted by molar-refractivity contribution is 5.19. The van der Waals surface area contributed by atoms with Crippen LogP contribution >= 0.6 is 0 Å². The van der Waals surface area contributed by atoms with Gasteiger partial charge in [-0.2, -0.15) is 0 Å². The van der Waals surface area contributed by atoms with Gasteiger partial charge in [0.05, 0.1) is 6.20 Å². The van der Waals surface area contributed by atoms with Gasteiger partial charge < -0.3 is 10.5 Å². The summed E-state index contributed by atoms with van der Waals surface area (Å²) in [5.74, 6) is 0.789. The van der Waals surface area contributed by atoms with E-state index in [9.17, 15) is 0 Å². The maximum Gasteiger partial charge on any atom is 0.137 e. The predicted octanol–water partition coefficient (Wildman–Crippen LogP) is 3.28. The first-order valence-corrected chi connectivity index (χ1v) is 6.14. The molecule has 1 aromatic rings. The molecule has 3 nitrogen and oxygen atoms in total. The van der Waals surface area contributed by atoms with E-state index >= 15 is 0 Å². The summed E-state index contributed by atoms with van der Waals surface area (Å²) in [6, 6.07) is 3.88. The van der Waals surface area contributed by atoms with Gasteiger partial charge in [-0.25, -0.2) is 0 Å². The minimum atomic E-state index is 0. The quantitative estimate of drug-likeness (QED) is 0.860. The van der Waals surface area contributed by atoms with Gasteiger partial charge in [-0.1, -0.05) is 34.6 Å². The van der Waals surface area contributed by atoms with Crippen LogP contribution in [0.1, 0.15) is 41.7 Å². The molecule has 3 heteroatoms. The first kappa shape index (κ1) is 17.3. The molecule has 0 aliphatic rings. The van der Waals surface area contributed by atoms with Crippen LogP contribution < -0.4 is 10.5 Å². The SMILES string of the molecule is CC.CC.CCc1ccc(OCCN)cn1.[HH]. The van der Waals surface area contributed by atoms with Gasteiger partial charge in [0.25, 0.3) is 0 Å². The number of rotatable bonds is 4. The third kappa shape index (κ3) is 8.24. The normalized spacial score (nSPS) is 8.12. The molecule has 16 heavy (non-hydrogen) atoms. The van der Waals surface area contributed by atoms with E-state index in [4.69, 9.17) is 10.5 Å². The van der Waals surface area contributed by atoms with Crippen molar-refractivity contribution in [3.8, 4) is 5.75 Å². The molecule has 0 spiro atoms. The monoisotopic (exact) mass is 228 g/mol. The molecule has 0 saturated heterocycles. The fourth-order valence-electron chi connectivity index (χ4n) is 0.882. The van der Waals surface area contributed by atoms with Gasteiger partial charge in [-0.15, -0.1) is 0 Å². The van der Waals surface area contributed by atoms with Gasteiger partial charge in [0.2, 0.25) is 0 Å². The maximum atomic E-state index is 5.29. The fraction of sp³-hybridized carbons (Fsp3) is 0.615. The number of nitrogens with two attached hydrogens (primary N) is 1. The lowest BCUT2D eigenvalue weighted by atomic mass is 10.3. The molecule has 0 aromatic carbocycles. The summed E-state index contributed by atoms with van der Waals surface area (Å²) in [6.45, 7) is 11.2. The molecule has 0 radical (unpaired) electrons. The summed E-state index contributed by atoms with van der Waals surface area (Å²) in [7, 11) is 0. The second kappa shape index (κ2) is 13.9. The zero-order valence-electron chi connectivity index (χ0n) is 11.3. The van der Waals surface area contributed by atoms with Crippen molar-refractivity contribution in [3.63, 3.8) is 0 Å². The third-order valence-electron chi connectivity index (χ3n) is 1.55. The van der Waals surface area contributed by atoms with Gasteiger partial charge in [-0.05, 0) is 18.6 Å². The Labute approximate surface area is 102 Å². The molecule has 1 rings (SSSR count). The van der Waals surface area contributed by atoms with E-state index in [2.05, 4.69) is 11.9 Å². The molecular weight excluding hydrogens is 200 g/mol. The minimum Gasteiger partial charge on any atom is -0.491 e. The van der Waals surface area contributed by atoms with Crippen LogP contribution in [0.2, 0.25) is 0 Å². The molecule has 0 amide bonds. The third-order valence-corrected chi connectivity index (χ3v) is 1.55. The molecule has 2 N–H and O–H groups in total. The Kier molecular flexibility index (Phi) is 15.0. The number of aryl methyl sites for hydroxylation is 1. The summed E-state index contributed by atoms with van der Waals surface area (Å²) in [6.07, 6.45) is 2.69. The Balaban J connectivity index is -0.000000355. The van der Waals surface area contributed by atoms with Crippen molar-refractivity contribution in [2.24, 2.45) is 5.73 Å². The average molecular weight is 228 g/mol. The zero-order valence-corrected chi connectivity index (χ0v) is 11.3. The standard InChI is InChI=1S/C9H14N2O.2C2H6.H2/c1-2-8-3-4-9(7-11-8)12-6-5-10;2*1-2;/h3-4,7H,2,5-6,10H2,1H3;2*1-2H3;1H. The predicted molar refractivity (Wildman–Crippen MR) is 73.0 cm³/mol. The molecule has 1 heterocycles. The van der Waals surface area contributed by atoms with Crippen LogP contribution in [0.15, 0.2) is 18.3 Å². The number of hydrogen-bond donors (Lipinski definition) is 1. The average Bonchev–Trinajstić information content (AvgIpc) is 2.41. The maximum absolute atomic E-state index is 5.29. The van der Waals surface area contributed by atoms with Gasteiger partial charge in [0.1, 0.15) is 12.4 Å². The second-order valence-electron chi connectivity index (χ2n) is 2.48. The van der Waals surface area contributed by atoms with Gasteiger partial charge in [0, 0.05) is 13.7 Å². The molecular formula is C13H28N2O. The van der Waals surface area contributed by atoms with Gasteiger partial charge in [0.15, 0.2) is 0 Å². The number of pyridine rings is 1. The Bertz CT molecular complexity index is 227. The van der Waals surface area contributed by atoms with Gasteiger partial charge >= 0.3 is 0 Å². The van der Waals surface area contributed by atoms with Crippen molar-refractivity contribution in [2.45, 2.75) is 41.0 Å². The van der Waals surface area contributed by atoms with Crippen LogP contribution in [0.25, 0.3) is 0 Å². The fourth-order valence-corrected chi connectivity index (χ4v) is 0.882. The lowest BCUT2D eigenvalue weighted by molar-refractivity contribution is 0.327. The molecule has 0 bridgehead atoms. The van der Waals surface area contributed by atoms with Crippen molar-refractivity contribution in [1.82, 2.24) is 4.98 Å². The Morgan fingerprint density at radius 2 is 1.88 bits per heavy atom. The summed E-state index contributed by atoms with van der Waals surface area (Å²) >= 11 is 0. The number of nitrogens with zero attached hydrogens (tertiary/aromatic N) is 1. The van der Waals surface area contributed by atoms with Crippen LogP contribution in [-0.4, -0.2) is 18.1 Å². The van der Waals surface area contributed by atoms with Crippen LogP contribution in [-0.2, 0) is 6.42 Å². The summed E-state index contributed by atoms with van der Waals surface area (Å²) in [5.41, 5.74) is 6.37. The van der Waals surface area contributed by atoms with E-state index in [1.165, 1.54) is 0 Å². The summed E-state index contributed by atoms with van der Waals surface area (Å²) < 4.78 is 5.27. The van der Waals surface area contributed by atoms with E-state index in [1.54, 1.807) is 6.20 Å². The van der Waals surface area contributed by atoms with Crippen LogP contribution in [0.4, 0.5) is 0 Å². The zero-order chi connectivity index (χ0) is 12.8. The van der Waals surface area contributed by atoms with Crippen molar-refractivity contribution >= 4 is 0 Å². The van der Waals surface area contributed by atoms with E-state index < -0.39 is 0 Å². The van der Waals surface area contributed by atoms with Crippen molar-refractivity contribution in [3.05, 3.63) is 24.0 Å². The van der Waals surface area contributed by atoms with E-state index in [1.807, 2.05) is 39.8 Å². The lowest BCUT2D eigenvalue weighted by Gasteiger charge is -2.03. The Morgan fingerprint density at radius 3 is 2.25 bits per heavy atom. The molecule has 0 unspecified atom stereocenters. The van der Waals surface area contributed by atoms with E-state index in [-0.39, 0.29) is 1.43 Å². The summed E-state index contributed by atoms with van der Waals surface area (Å²) in [4.78, 5) is 4.18. The highest BCUT2D eigenvalue weighted by atomic mass is 16.5. The number of aromatic nitrogens is 1. The van der Waals surface area contributed by atoms with Crippen LogP contribution in [0, 0.1) is 0 Å². The van der Waals surface area contributed by atoms with E-state index in [0.29, 0.717) is 13.2 Å². The lowest BCUT2D eigenvalue weighted by Crippen LogP contribution is -2.10. The van der Waals surface area contributed by atoms with Crippen LogP contribution in [0.5, 0.6) is 5.75 Å². The highest BCUT2D eigenvalue weighted by Crippen LogP contribution is 2.08. The second-order valence-corrected chi connectivity index (χ2v) is 2.48. The van der Waals surface area contributed by atoms with Crippen molar-refractivity contribution in [1.29, 1.82) is 0 Å². The largest absolute Gasteiger partial charge is 0.491 e. The van der Waals surface area contributed by atoms with Crippen LogP contribution in [0.3, 0.4) is 0 Å². The first-order valence-electron chi connectivity index (χ1n) is 6.14. The number of ether oxygens (including phenoxy) is 1. The molecule has 0 atom stereocenters. The van der Waals surface area contributed by atoms with E-state index in [0.717, 1.165) is 17.9 Å². The first-order chi connectivity index (χ1) is 7.86. The van der Waals surface area contributed by atoms with Crippen molar-refractivity contribution < 1.29 is 6.16 Å². The summed E-state index contributed by atoms with van der Waals surface area (Å²) in [5, 5.41) is 0. The molecule has 0 aliphatic carbocycles.